The summed E-state index contributed by atoms with van der Waals surface area (Å²) >= 11 is 0. The molecule has 0 aliphatic carbocycles. The monoisotopic (exact) mass is 277 g/mol. The van der Waals surface area contributed by atoms with Crippen molar-refractivity contribution in [2.45, 2.75) is 13.3 Å². The van der Waals surface area contributed by atoms with E-state index in [1.165, 1.54) is 6.92 Å². The van der Waals surface area contributed by atoms with Crippen LogP contribution in [0, 0.1) is 0 Å². The summed E-state index contributed by atoms with van der Waals surface area (Å²) in [6, 6.07) is 7.93. The zero-order valence-electron chi connectivity index (χ0n) is 12.0. The fourth-order valence-corrected chi connectivity index (χ4v) is 2.55. The van der Waals surface area contributed by atoms with Crippen molar-refractivity contribution in [1.29, 1.82) is 0 Å². The van der Waals surface area contributed by atoms with Gasteiger partial charge in [-0.25, -0.2) is 0 Å². The van der Waals surface area contributed by atoms with Gasteiger partial charge in [0.2, 0.25) is 5.91 Å². The number of amides is 1. The maximum absolute atomic E-state index is 11.3. The summed E-state index contributed by atoms with van der Waals surface area (Å²) < 4.78 is 0. The number of carbonyl (C=O) groups is 1. The van der Waals surface area contributed by atoms with Crippen LogP contribution >= 0.6 is 0 Å². The Morgan fingerprint density at radius 2 is 1.95 bits per heavy atom. The fourth-order valence-electron chi connectivity index (χ4n) is 2.55. The average molecular weight is 277 g/mol. The van der Waals surface area contributed by atoms with E-state index in [2.05, 4.69) is 21.2 Å². The van der Waals surface area contributed by atoms with Gasteiger partial charge in [0, 0.05) is 46.3 Å². The van der Waals surface area contributed by atoms with Crippen LogP contribution in [0.1, 0.15) is 13.3 Å². The van der Waals surface area contributed by atoms with Gasteiger partial charge in [0.05, 0.1) is 11.4 Å². The number of rotatable bonds is 5. The molecule has 0 aromatic heterocycles. The quantitative estimate of drug-likeness (QED) is 0.848. The van der Waals surface area contributed by atoms with E-state index in [1.54, 1.807) is 0 Å². The molecule has 0 atom stereocenters. The molecule has 110 valence electrons. The number of benzene rings is 1. The van der Waals surface area contributed by atoms with Crippen LogP contribution in [0.4, 0.5) is 11.4 Å². The van der Waals surface area contributed by atoms with Crippen LogP contribution in [0.5, 0.6) is 0 Å². The first-order valence-corrected chi connectivity index (χ1v) is 7.15. The van der Waals surface area contributed by atoms with Crippen molar-refractivity contribution in [3.63, 3.8) is 0 Å². The molecule has 20 heavy (non-hydrogen) atoms. The molecular formula is C15H23N3O2. The number of piperazine rings is 1. The third-order valence-electron chi connectivity index (χ3n) is 3.56. The van der Waals surface area contributed by atoms with Crippen LogP contribution in [0.25, 0.3) is 0 Å². The lowest BCUT2D eigenvalue weighted by Gasteiger charge is -2.36. The Labute approximate surface area is 120 Å². The van der Waals surface area contributed by atoms with E-state index >= 15 is 0 Å². The van der Waals surface area contributed by atoms with Crippen LogP contribution < -0.4 is 10.2 Å². The van der Waals surface area contributed by atoms with Crippen molar-refractivity contribution < 1.29 is 9.90 Å². The second kappa shape index (κ2) is 7.26. The summed E-state index contributed by atoms with van der Waals surface area (Å²) in [6.07, 6.45) is 0.836. The summed E-state index contributed by atoms with van der Waals surface area (Å²) in [7, 11) is 0. The van der Waals surface area contributed by atoms with Crippen molar-refractivity contribution in [3.05, 3.63) is 24.3 Å². The van der Waals surface area contributed by atoms with E-state index in [0.717, 1.165) is 50.5 Å². The molecule has 1 aliphatic rings. The number of aliphatic hydroxyl groups is 1. The van der Waals surface area contributed by atoms with E-state index in [1.807, 2.05) is 18.2 Å². The van der Waals surface area contributed by atoms with E-state index in [9.17, 15) is 4.79 Å². The lowest BCUT2D eigenvalue weighted by molar-refractivity contribution is -0.114. The Kier molecular flexibility index (Phi) is 5.38. The molecule has 1 aromatic carbocycles. The van der Waals surface area contributed by atoms with Crippen LogP contribution in [0.3, 0.4) is 0 Å². The van der Waals surface area contributed by atoms with E-state index < -0.39 is 0 Å². The highest BCUT2D eigenvalue weighted by Crippen LogP contribution is 2.26. The molecule has 0 saturated carbocycles. The van der Waals surface area contributed by atoms with Crippen molar-refractivity contribution >= 4 is 17.3 Å². The smallest absolute Gasteiger partial charge is 0.221 e. The zero-order chi connectivity index (χ0) is 14.4. The molecule has 1 fully saturated rings. The number of hydrogen-bond acceptors (Lipinski definition) is 4. The van der Waals surface area contributed by atoms with Gasteiger partial charge >= 0.3 is 0 Å². The first kappa shape index (κ1) is 14.8. The molecule has 1 aromatic rings. The Morgan fingerprint density at radius 1 is 1.25 bits per heavy atom. The van der Waals surface area contributed by atoms with Crippen LogP contribution in [-0.2, 0) is 4.79 Å². The minimum atomic E-state index is -0.0426. The maximum atomic E-state index is 11.3. The molecular weight excluding hydrogens is 254 g/mol. The van der Waals surface area contributed by atoms with Gasteiger partial charge in [-0.3, -0.25) is 9.69 Å². The molecule has 5 nitrogen and oxygen atoms in total. The van der Waals surface area contributed by atoms with Crippen LogP contribution in [0.15, 0.2) is 24.3 Å². The Morgan fingerprint density at radius 3 is 2.60 bits per heavy atom. The normalized spacial score (nSPS) is 16.2. The number of carbonyl (C=O) groups excluding carboxylic acids is 1. The average Bonchev–Trinajstić information content (AvgIpc) is 2.46. The standard InChI is InChI=1S/C15H23N3O2/c1-13(20)16-14-5-2-3-6-15(14)18-10-8-17(9-11-18)7-4-12-19/h2-3,5-6,19H,4,7-12H2,1H3,(H,16,20). The number of hydrogen-bond donors (Lipinski definition) is 2. The molecule has 1 saturated heterocycles. The van der Waals surface area contributed by atoms with Gasteiger partial charge in [0.1, 0.15) is 0 Å². The molecule has 2 rings (SSSR count). The number of aliphatic hydroxyl groups excluding tert-OH is 1. The fraction of sp³-hybridized carbons (Fsp3) is 0.533. The molecule has 2 N–H and O–H groups in total. The van der Waals surface area contributed by atoms with Gasteiger partial charge in [-0.05, 0) is 18.6 Å². The summed E-state index contributed by atoms with van der Waals surface area (Å²) in [5, 5.41) is 11.8. The van der Waals surface area contributed by atoms with Gasteiger partial charge in [-0.15, -0.1) is 0 Å². The molecule has 0 unspecified atom stereocenters. The minimum Gasteiger partial charge on any atom is -0.396 e. The highest BCUT2D eigenvalue weighted by Gasteiger charge is 2.18. The number of nitrogens with zero attached hydrogens (tertiary/aromatic N) is 2. The summed E-state index contributed by atoms with van der Waals surface area (Å²) in [5.74, 6) is -0.0426. The second-order valence-corrected chi connectivity index (χ2v) is 5.10. The van der Waals surface area contributed by atoms with Crippen molar-refractivity contribution in [2.24, 2.45) is 0 Å². The third-order valence-corrected chi connectivity index (χ3v) is 3.56. The molecule has 0 spiro atoms. The summed E-state index contributed by atoms with van der Waals surface area (Å²) in [6.45, 7) is 6.62. The predicted molar refractivity (Wildman–Crippen MR) is 81.1 cm³/mol. The van der Waals surface area contributed by atoms with Crippen LogP contribution in [-0.4, -0.2) is 55.2 Å². The van der Waals surface area contributed by atoms with Crippen molar-refractivity contribution in [1.82, 2.24) is 4.90 Å². The first-order chi connectivity index (χ1) is 9.70. The number of nitrogens with one attached hydrogen (secondary N) is 1. The van der Waals surface area contributed by atoms with Gasteiger partial charge in [0.15, 0.2) is 0 Å². The van der Waals surface area contributed by atoms with Gasteiger partial charge < -0.3 is 15.3 Å². The van der Waals surface area contributed by atoms with Gasteiger partial charge in [-0.2, -0.15) is 0 Å². The molecule has 0 radical (unpaired) electrons. The highest BCUT2D eigenvalue weighted by atomic mass is 16.3. The zero-order valence-corrected chi connectivity index (χ0v) is 12.0. The Balaban J connectivity index is 1.98. The molecule has 5 heteroatoms. The SMILES string of the molecule is CC(=O)Nc1ccccc1N1CCN(CCCO)CC1. The Hall–Kier alpha value is -1.59. The van der Waals surface area contributed by atoms with Gasteiger partial charge in [-0.1, -0.05) is 12.1 Å². The van der Waals surface area contributed by atoms with Crippen molar-refractivity contribution in [2.75, 3.05) is 49.5 Å². The molecule has 1 aliphatic heterocycles. The summed E-state index contributed by atoms with van der Waals surface area (Å²) in [4.78, 5) is 15.9. The number of para-hydroxylation sites is 2. The van der Waals surface area contributed by atoms with Crippen LogP contribution in [0.2, 0.25) is 0 Å². The molecule has 0 bridgehead atoms. The van der Waals surface area contributed by atoms with E-state index in [0.29, 0.717) is 0 Å². The first-order valence-electron chi connectivity index (χ1n) is 7.15. The number of anilines is 2. The maximum Gasteiger partial charge on any atom is 0.221 e. The summed E-state index contributed by atoms with van der Waals surface area (Å²) in [5.41, 5.74) is 1.97. The lowest BCUT2D eigenvalue weighted by atomic mass is 10.2. The van der Waals surface area contributed by atoms with E-state index in [-0.39, 0.29) is 12.5 Å². The second-order valence-electron chi connectivity index (χ2n) is 5.10. The lowest BCUT2D eigenvalue weighted by Crippen LogP contribution is -2.47. The topological polar surface area (TPSA) is 55.8 Å². The van der Waals surface area contributed by atoms with E-state index in [4.69, 9.17) is 5.11 Å². The molecule has 1 amide bonds. The largest absolute Gasteiger partial charge is 0.396 e. The minimum absolute atomic E-state index is 0.0426. The highest BCUT2D eigenvalue weighted by molar-refractivity contribution is 5.92. The van der Waals surface area contributed by atoms with Crippen molar-refractivity contribution in [3.8, 4) is 0 Å². The van der Waals surface area contributed by atoms with Gasteiger partial charge in [0.25, 0.3) is 0 Å². The third kappa shape index (κ3) is 3.95. The Bertz CT molecular complexity index is 442. The predicted octanol–water partition coefficient (Wildman–Crippen LogP) is 1.15. The molecule has 1 heterocycles.